The van der Waals surface area contributed by atoms with Gasteiger partial charge >= 0.3 is 0 Å². The Hall–Kier alpha value is -3.60. The maximum Gasteiger partial charge on any atom is 0.164 e. The maximum absolute atomic E-state index is 6.12. The molecule has 0 amide bonds. The summed E-state index contributed by atoms with van der Waals surface area (Å²) in [4.78, 5) is 9.43. The average Bonchev–Trinajstić information content (AvgIpc) is 2.68. The van der Waals surface area contributed by atoms with Crippen LogP contribution in [0.3, 0.4) is 0 Å². The molecule has 128 valence electrons. The second-order valence-electron chi connectivity index (χ2n) is 5.86. The number of hydrogen-bond acceptors (Lipinski definition) is 5. The minimum absolute atomic E-state index is 0.590. The van der Waals surface area contributed by atoms with E-state index in [9.17, 15) is 0 Å². The van der Waals surface area contributed by atoms with E-state index in [1.807, 2.05) is 72.8 Å². The molecule has 4 rings (SSSR count). The molecular weight excluding hydrogens is 324 g/mol. The number of nitrogen functional groups attached to an aromatic ring is 1. The van der Waals surface area contributed by atoms with Crippen LogP contribution in [0.15, 0.2) is 72.8 Å². The van der Waals surface area contributed by atoms with Gasteiger partial charge in [0.15, 0.2) is 5.82 Å². The van der Waals surface area contributed by atoms with Crippen molar-refractivity contribution in [2.45, 2.75) is 0 Å². The van der Waals surface area contributed by atoms with E-state index in [-0.39, 0.29) is 0 Å². The van der Waals surface area contributed by atoms with E-state index < -0.39 is 0 Å². The van der Waals surface area contributed by atoms with Gasteiger partial charge in [-0.05, 0) is 36.4 Å². The Morgan fingerprint density at radius 2 is 1.69 bits per heavy atom. The van der Waals surface area contributed by atoms with E-state index in [0.717, 1.165) is 33.7 Å². The summed E-state index contributed by atoms with van der Waals surface area (Å²) in [5.74, 6) is 2.09. The topological polar surface area (TPSA) is 73.1 Å². The first kappa shape index (κ1) is 15.9. The lowest BCUT2D eigenvalue weighted by Crippen LogP contribution is -2.01. The molecule has 3 aromatic carbocycles. The number of nitrogens with two attached hydrogens (primary N) is 1. The van der Waals surface area contributed by atoms with Crippen LogP contribution in [0.5, 0.6) is 5.75 Å². The summed E-state index contributed by atoms with van der Waals surface area (Å²) < 4.78 is 5.30. The van der Waals surface area contributed by atoms with E-state index >= 15 is 0 Å². The van der Waals surface area contributed by atoms with Gasteiger partial charge in [0.1, 0.15) is 11.6 Å². The molecular formula is C21H18N4O. The van der Waals surface area contributed by atoms with Gasteiger partial charge in [-0.3, -0.25) is 0 Å². The van der Waals surface area contributed by atoms with Crippen molar-refractivity contribution in [1.82, 2.24) is 9.97 Å². The Labute approximate surface area is 151 Å². The van der Waals surface area contributed by atoms with Gasteiger partial charge < -0.3 is 15.8 Å². The first-order chi connectivity index (χ1) is 12.7. The molecule has 1 aromatic heterocycles. The highest BCUT2D eigenvalue weighted by atomic mass is 16.5. The Morgan fingerprint density at radius 3 is 2.54 bits per heavy atom. The molecule has 5 heteroatoms. The minimum Gasteiger partial charge on any atom is -0.497 e. The molecule has 4 aromatic rings. The number of fused-ring (bicyclic) bond motifs is 1. The lowest BCUT2D eigenvalue weighted by Gasteiger charge is -2.12. The number of methoxy groups -OCH3 is 1. The monoisotopic (exact) mass is 342 g/mol. The molecule has 0 aliphatic rings. The number of rotatable bonds is 4. The largest absolute Gasteiger partial charge is 0.497 e. The van der Waals surface area contributed by atoms with Crippen LogP contribution in [0.1, 0.15) is 0 Å². The van der Waals surface area contributed by atoms with Gasteiger partial charge in [0, 0.05) is 28.4 Å². The quantitative estimate of drug-likeness (QED) is 0.529. The van der Waals surface area contributed by atoms with Crippen LogP contribution in [-0.2, 0) is 0 Å². The van der Waals surface area contributed by atoms with Crippen molar-refractivity contribution in [3.05, 3.63) is 72.8 Å². The predicted octanol–water partition coefficient (Wildman–Crippen LogP) is 4.63. The summed E-state index contributed by atoms with van der Waals surface area (Å²) in [5, 5.41) is 4.32. The summed E-state index contributed by atoms with van der Waals surface area (Å²) >= 11 is 0. The third kappa shape index (κ3) is 3.02. The van der Waals surface area contributed by atoms with Crippen LogP contribution in [0, 0.1) is 0 Å². The van der Waals surface area contributed by atoms with Crippen molar-refractivity contribution >= 4 is 28.1 Å². The first-order valence-corrected chi connectivity index (χ1v) is 8.27. The number of hydrogen-bond donors (Lipinski definition) is 2. The molecule has 1 heterocycles. The van der Waals surface area contributed by atoms with Gasteiger partial charge in [0.05, 0.1) is 12.6 Å². The molecule has 0 aliphatic carbocycles. The van der Waals surface area contributed by atoms with E-state index in [1.165, 1.54) is 0 Å². The number of ether oxygens (including phenoxy) is 1. The van der Waals surface area contributed by atoms with Gasteiger partial charge in [-0.1, -0.05) is 30.3 Å². The second-order valence-corrected chi connectivity index (χ2v) is 5.86. The van der Waals surface area contributed by atoms with Crippen LogP contribution in [-0.4, -0.2) is 17.1 Å². The molecule has 0 spiro atoms. The van der Waals surface area contributed by atoms with Crippen molar-refractivity contribution < 1.29 is 4.74 Å². The van der Waals surface area contributed by atoms with E-state index in [0.29, 0.717) is 11.5 Å². The van der Waals surface area contributed by atoms with Crippen LogP contribution >= 0.6 is 0 Å². The zero-order valence-electron chi connectivity index (χ0n) is 14.3. The van der Waals surface area contributed by atoms with E-state index in [1.54, 1.807) is 7.11 Å². The number of nitrogens with one attached hydrogen (secondary N) is 1. The van der Waals surface area contributed by atoms with E-state index in [2.05, 4.69) is 10.3 Å². The van der Waals surface area contributed by atoms with Crippen molar-refractivity contribution in [2.24, 2.45) is 0 Å². The second kappa shape index (κ2) is 6.72. The summed E-state index contributed by atoms with van der Waals surface area (Å²) in [7, 11) is 1.65. The average molecular weight is 342 g/mol. The fourth-order valence-corrected chi connectivity index (χ4v) is 2.83. The Morgan fingerprint density at radius 1 is 0.885 bits per heavy atom. The van der Waals surface area contributed by atoms with Gasteiger partial charge in [-0.15, -0.1) is 0 Å². The molecule has 0 saturated carbocycles. The van der Waals surface area contributed by atoms with Gasteiger partial charge in [0.25, 0.3) is 0 Å². The zero-order chi connectivity index (χ0) is 17.9. The lowest BCUT2D eigenvalue weighted by molar-refractivity contribution is 0.415. The molecule has 0 radical (unpaired) electrons. The molecule has 5 nitrogen and oxygen atoms in total. The van der Waals surface area contributed by atoms with Crippen molar-refractivity contribution in [1.29, 1.82) is 0 Å². The fourth-order valence-electron chi connectivity index (χ4n) is 2.83. The molecule has 0 atom stereocenters. The fraction of sp³-hybridized carbons (Fsp3) is 0.0476. The molecule has 26 heavy (non-hydrogen) atoms. The van der Waals surface area contributed by atoms with Crippen LogP contribution < -0.4 is 15.8 Å². The predicted molar refractivity (Wildman–Crippen MR) is 106 cm³/mol. The number of anilines is 3. The third-order valence-corrected chi connectivity index (χ3v) is 4.14. The van der Waals surface area contributed by atoms with Crippen LogP contribution in [0.25, 0.3) is 22.3 Å². The number of aromatic nitrogens is 2. The van der Waals surface area contributed by atoms with Gasteiger partial charge in [-0.25, -0.2) is 9.97 Å². The smallest absolute Gasteiger partial charge is 0.164 e. The van der Waals surface area contributed by atoms with Crippen molar-refractivity contribution in [3.63, 3.8) is 0 Å². The molecule has 0 bridgehead atoms. The summed E-state index contributed by atoms with van der Waals surface area (Å²) in [6.45, 7) is 0. The van der Waals surface area contributed by atoms with Crippen LogP contribution in [0.2, 0.25) is 0 Å². The Kier molecular flexibility index (Phi) is 4.11. The van der Waals surface area contributed by atoms with Crippen molar-refractivity contribution in [2.75, 3.05) is 18.2 Å². The third-order valence-electron chi connectivity index (χ3n) is 4.14. The Balaban J connectivity index is 1.86. The SMILES string of the molecule is COc1cccc(Nc2nc(-c3ccccc3N)nc3ccccc23)c1. The zero-order valence-corrected chi connectivity index (χ0v) is 14.3. The minimum atomic E-state index is 0.590. The summed E-state index contributed by atoms with van der Waals surface area (Å²) in [5.41, 5.74) is 9.32. The standard InChI is InChI=1S/C21H18N4O/c1-26-15-8-6-7-14(13-15)23-21-17-10-3-5-12-19(17)24-20(25-21)16-9-2-4-11-18(16)22/h2-13H,22H2,1H3,(H,23,24,25). The number of nitrogens with zero attached hydrogens (tertiary/aromatic N) is 2. The number of benzene rings is 3. The number of para-hydroxylation sites is 2. The molecule has 0 unspecified atom stereocenters. The molecule has 3 N–H and O–H groups in total. The summed E-state index contributed by atoms with van der Waals surface area (Å²) in [6.07, 6.45) is 0. The normalized spacial score (nSPS) is 10.7. The molecule has 0 saturated heterocycles. The maximum atomic E-state index is 6.12. The highest BCUT2D eigenvalue weighted by Crippen LogP contribution is 2.30. The van der Waals surface area contributed by atoms with E-state index in [4.69, 9.17) is 15.5 Å². The Bertz CT molecular complexity index is 1080. The highest BCUT2D eigenvalue weighted by molar-refractivity contribution is 5.92. The van der Waals surface area contributed by atoms with Gasteiger partial charge in [0.2, 0.25) is 0 Å². The molecule has 0 fully saturated rings. The first-order valence-electron chi connectivity index (χ1n) is 8.27. The van der Waals surface area contributed by atoms with Gasteiger partial charge in [-0.2, -0.15) is 0 Å². The highest BCUT2D eigenvalue weighted by Gasteiger charge is 2.11. The van der Waals surface area contributed by atoms with Crippen LogP contribution in [0.4, 0.5) is 17.2 Å². The summed E-state index contributed by atoms with van der Waals surface area (Å²) in [6, 6.07) is 23.2. The lowest BCUT2D eigenvalue weighted by atomic mass is 10.1. The van der Waals surface area contributed by atoms with Crippen molar-refractivity contribution in [3.8, 4) is 17.1 Å². The molecule has 0 aliphatic heterocycles.